The van der Waals surface area contributed by atoms with Gasteiger partial charge in [0.2, 0.25) is 0 Å². The summed E-state index contributed by atoms with van der Waals surface area (Å²) in [5, 5.41) is 14.7. The Morgan fingerprint density at radius 3 is 2.69 bits per heavy atom. The molecule has 0 atom stereocenters. The minimum absolute atomic E-state index is 0.108. The van der Waals surface area contributed by atoms with Gasteiger partial charge in [0.15, 0.2) is 5.13 Å². The molecule has 9 heteroatoms. The Bertz CT molecular complexity index is 1150. The predicted molar refractivity (Wildman–Crippen MR) is 129 cm³/mol. The number of likely N-dealkylation sites (tertiary alicyclic amines) is 1. The van der Waals surface area contributed by atoms with E-state index in [9.17, 15) is 14.9 Å². The zero-order valence-corrected chi connectivity index (χ0v) is 19.3. The zero-order chi connectivity index (χ0) is 22.8. The summed E-state index contributed by atoms with van der Waals surface area (Å²) >= 11 is 1.41. The van der Waals surface area contributed by atoms with E-state index in [-0.39, 0.29) is 11.3 Å². The smallest absolute Gasteiger partial charge is 0.293 e. The number of thiazole rings is 1. The maximum atomic E-state index is 12.7. The second-order valence-electron chi connectivity index (χ2n) is 8.59. The van der Waals surface area contributed by atoms with Gasteiger partial charge in [-0.25, -0.2) is 4.98 Å². The Hall–Kier alpha value is -3.04. The molecular formula is C23H27N5O3S. The highest BCUT2D eigenvalue weighted by Gasteiger charge is 2.20. The van der Waals surface area contributed by atoms with Crippen molar-refractivity contribution >= 4 is 44.0 Å². The number of nitrogens with zero attached hydrogens (tertiary/aromatic N) is 4. The zero-order valence-electron chi connectivity index (χ0n) is 18.5. The maximum absolute atomic E-state index is 12.7. The van der Waals surface area contributed by atoms with Crippen LogP contribution in [0.25, 0.3) is 10.2 Å². The molecule has 0 saturated carbocycles. The monoisotopic (exact) mass is 453 g/mol. The number of rotatable bonds is 6. The third kappa shape index (κ3) is 4.89. The number of aromatic nitrogens is 1. The number of fused-ring (bicyclic) bond motifs is 1. The van der Waals surface area contributed by atoms with Crippen molar-refractivity contribution in [3.8, 4) is 0 Å². The summed E-state index contributed by atoms with van der Waals surface area (Å²) in [4.78, 5) is 32.3. The second kappa shape index (κ2) is 9.22. The summed E-state index contributed by atoms with van der Waals surface area (Å²) in [6.07, 6.45) is 2.49. The Labute approximate surface area is 191 Å². The van der Waals surface area contributed by atoms with Crippen LogP contribution in [-0.2, 0) is 6.54 Å². The number of hydrogen-bond acceptors (Lipinski definition) is 7. The average molecular weight is 454 g/mol. The highest BCUT2D eigenvalue weighted by atomic mass is 32.1. The van der Waals surface area contributed by atoms with Crippen LogP contribution in [0.4, 0.5) is 16.5 Å². The molecular weight excluding hydrogens is 426 g/mol. The molecule has 0 radical (unpaired) electrons. The first-order chi connectivity index (χ1) is 15.3. The molecule has 0 unspecified atom stereocenters. The molecule has 2 heterocycles. The molecule has 0 bridgehead atoms. The van der Waals surface area contributed by atoms with Crippen molar-refractivity contribution in [1.82, 2.24) is 9.88 Å². The van der Waals surface area contributed by atoms with Crippen LogP contribution >= 0.6 is 11.3 Å². The van der Waals surface area contributed by atoms with Crippen molar-refractivity contribution in [2.45, 2.75) is 26.3 Å². The van der Waals surface area contributed by atoms with Crippen LogP contribution in [0.1, 0.15) is 35.7 Å². The van der Waals surface area contributed by atoms with E-state index < -0.39 is 10.8 Å². The van der Waals surface area contributed by atoms with Gasteiger partial charge >= 0.3 is 0 Å². The van der Waals surface area contributed by atoms with E-state index in [1.807, 2.05) is 6.07 Å². The summed E-state index contributed by atoms with van der Waals surface area (Å²) in [5.41, 5.74) is 2.63. The number of carbonyl (C=O) groups excluding carboxylic acids is 1. The van der Waals surface area contributed by atoms with Crippen LogP contribution in [0, 0.1) is 16.0 Å². The molecule has 4 rings (SSSR count). The number of nitro benzene ring substituents is 1. The van der Waals surface area contributed by atoms with Crippen molar-refractivity contribution in [3.05, 3.63) is 57.6 Å². The van der Waals surface area contributed by atoms with Crippen LogP contribution in [0.2, 0.25) is 0 Å². The van der Waals surface area contributed by atoms with E-state index in [1.165, 1.54) is 35.8 Å². The lowest BCUT2D eigenvalue weighted by molar-refractivity contribution is -0.384. The lowest BCUT2D eigenvalue weighted by Gasteiger charge is -2.30. The molecule has 32 heavy (non-hydrogen) atoms. The van der Waals surface area contributed by atoms with Crippen LogP contribution in [-0.4, -0.2) is 47.9 Å². The van der Waals surface area contributed by atoms with Crippen LogP contribution in [0.5, 0.6) is 0 Å². The molecule has 0 spiro atoms. The number of hydrogen-bond donors (Lipinski definition) is 1. The first-order valence-corrected chi connectivity index (χ1v) is 11.5. The number of benzene rings is 2. The first kappa shape index (κ1) is 22.2. The fourth-order valence-corrected chi connectivity index (χ4v) is 4.88. The topological polar surface area (TPSA) is 91.6 Å². The second-order valence-corrected chi connectivity index (χ2v) is 9.62. The van der Waals surface area contributed by atoms with Gasteiger partial charge in [0.25, 0.3) is 11.6 Å². The van der Waals surface area contributed by atoms with E-state index in [0.717, 1.165) is 35.8 Å². The van der Waals surface area contributed by atoms with Gasteiger partial charge in [-0.05, 0) is 61.7 Å². The minimum Gasteiger partial charge on any atom is -0.372 e. The summed E-state index contributed by atoms with van der Waals surface area (Å²) in [6.45, 7) is 5.49. The third-order valence-electron chi connectivity index (χ3n) is 5.87. The van der Waals surface area contributed by atoms with Gasteiger partial charge in [-0.1, -0.05) is 24.3 Å². The van der Waals surface area contributed by atoms with Crippen molar-refractivity contribution in [1.29, 1.82) is 0 Å². The van der Waals surface area contributed by atoms with Crippen molar-refractivity contribution in [2.24, 2.45) is 5.92 Å². The van der Waals surface area contributed by atoms with E-state index >= 15 is 0 Å². The molecule has 1 N–H and O–H groups in total. The minimum atomic E-state index is -0.478. The normalized spacial score (nSPS) is 15.1. The Balaban J connectivity index is 1.49. The highest BCUT2D eigenvalue weighted by molar-refractivity contribution is 7.22. The summed E-state index contributed by atoms with van der Waals surface area (Å²) in [6, 6.07) is 10.7. The van der Waals surface area contributed by atoms with E-state index in [4.69, 9.17) is 0 Å². The van der Waals surface area contributed by atoms with E-state index in [0.29, 0.717) is 10.8 Å². The Morgan fingerprint density at radius 2 is 2.00 bits per heavy atom. The van der Waals surface area contributed by atoms with Gasteiger partial charge in [0.1, 0.15) is 5.69 Å². The third-order valence-corrected chi connectivity index (χ3v) is 6.81. The quantitative estimate of drug-likeness (QED) is 0.428. The van der Waals surface area contributed by atoms with Crippen molar-refractivity contribution in [3.63, 3.8) is 0 Å². The average Bonchev–Trinajstić information content (AvgIpc) is 3.16. The Morgan fingerprint density at radius 1 is 1.25 bits per heavy atom. The van der Waals surface area contributed by atoms with Gasteiger partial charge in [0.05, 0.1) is 15.1 Å². The number of nitrogens with one attached hydrogen (secondary N) is 1. The lowest BCUT2D eigenvalue weighted by Crippen LogP contribution is -2.32. The fraction of sp³-hybridized carbons (Fsp3) is 0.391. The van der Waals surface area contributed by atoms with Crippen molar-refractivity contribution in [2.75, 3.05) is 37.4 Å². The highest BCUT2D eigenvalue weighted by Crippen LogP contribution is 2.30. The maximum Gasteiger partial charge on any atom is 0.293 e. The van der Waals surface area contributed by atoms with Gasteiger partial charge in [-0.3, -0.25) is 25.1 Å². The first-order valence-electron chi connectivity index (χ1n) is 10.7. The van der Waals surface area contributed by atoms with Crippen LogP contribution < -0.4 is 10.2 Å². The number of anilines is 2. The molecule has 1 amide bonds. The molecule has 1 aliphatic heterocycles. The van der Waals surface area contributed by atoms with Crippen molar-refractivity contribution < 1.29 is 9.72 Å². The molecule has 1 aromatic heterocycles. The molecule has 0 aliphatic carbocycles. The van der Waals surface area contributed by atoms with Gasteiger partial charge < -0.3 is 4.90 Å². The molecule has 1 aliphatic rings. The molecule has 1 fully saturated rings. The molecule has 3 aromatic rings. The number of amides is 1. The number of nitro groups is 1. The Kier molecular flexibility index (Phi) is 6.38. The number of piperidine rings is 1. The molecule has 2 aromatic carbocycles. The van der Waals surface area contributed by atoms with Crippen LogP contribution in [0.3, 0.4) is 0 Å². The summed E-state index contributed by atoms with van der Waals surface area (Å²) < 4.78 is 1.01. The van der Waals surface area contributed by atoms with E-state index in [1.54, 1.807) is 31.1 Å². The molecule has 8 nitrogen and oxygen atoms in total. The van der Waals surface area contributed by atoms with Gasteiger partial charge in [-0.2, -0.15) is 0 Å². The van der Waals surface area contributed by atoms with Gasteiger partial charge in [0, 0.05) is 32.3 Å². The molecule has 168 valence electrons. The summed E-state index contributed by atoms with van der Waals surface area (Å²) in [5.74, 6) is 0.391. The SMILES string of the molecule is CC1CCN(Cc2ccc3nc(NC(=O)c4ccc(N(C)C)c([N+](=O)[O-])c4)sc3c2)CC1. The van der Waals surface area contributed by atoms with E-state index in [2.05, 4.69) is 34.3 Å². The fourth-order valence-electron chi connectivity index (χ4n) is 3.96. The molecule has 1 saturated heterocycles. The largest absolute Gasteiger partial charge is 0.372 e. The van der Waals surface area contributed by atoms with Crippen LogP contribution in [0.15, 0.2) is 36.4 Å². The standard InChI is InChI=1S/C23H27N5O3S/c1-15-8-10-27(11-9-15)14-16-4-6-18-21(12-16)32-23(24-18)25-22(29)17-5-7-19(26(2)3)20(13-17)28(30)31/h4-7,12-13,15H,8-11,14H2,1-3H3,(H,24,25,29). The predicted octanol–water partition coefficient (Wildman–Crippen LogP) is 4.75. The lowest BCUT2D eigenvalue weighted by atomic mass is 9.99. The number of carbonyl (C=O) groups is 1. The van der Waals surface area contributed by atoms with Gasteiger partial charge in [-0.15, -0.1) is 0 Å². The summed E-state index contributed by atoms with van der Waals surface area (Å²) in [7, 11) is 3.45.